The lowest BCUT2D eigenvalue weighted by atomic mass is 10.2. The first-order valence-corrected chi connectivity index (χ1v) is 6.68. The van der Waals surface area contributed by atoms with Gasteiger partial charge in [-0.05, 0) is 18.2 Å². The normalized spacial score (nSPS) is 12.1. The van der Waals surface area contributed by atoms with Crippen molar-refractivity contribution in [1.29, 1.82) is 0 Å². The van der Waals surface area contributed by atoms with E-state index in [1.807, 2.05) is 0 Å². The number of hydrogen-bond acceptors (Lipinski definition) is 3. The Balaban J connectivity index is 2.68. The van der Waals surface area contributed by atoms with E-state index >= 15 is 0 Å². The Morgan fingerprint density at radius 1 is 1.56 bits per heavy atom. The summed E-state index contributed by atoms with van der Waals surface area (Å²) in [6, 6.07) is 4.46. The quantitative estimate of drug-likeness (QED) is 0.849. The largest absolute Gasteiger partial charge is 0.478 e. The van der Waals surface area contributed by atoms with E-state index in [9.17, 15) is 9.00 Å². The maximum atomic E-state index is 10.8. The lowest BCUT2D eigenvalue weighted by Gasteiger charge is -2.07. The molecule has 0 aliphatic heterocycles. The van der Waals surface area contributed by atoms with Crippen LogP contribution in [-0.2, 0) is 10.8 Å². The van der Waals surface area contributed by atoms with Crippen molar-refractivity contribution in [3.63, 3.8) is 0 Å². The van der Waals surface area contributed by atoms with Gasteiger partial charge in [0.2, 0.25) is 0 Å². The van der Waals surface area contributed by atoms with Crippen LogP contribution in [0.5, 0.6) is 0 Å². The number of nitrogens with one attached hydrogen (secondary N) is 1. The van der Waals surface area contributed by atoms with Gasteiger partial charge in [-0.2, -0.15) is 0 Å². The fourth-order valence-electron chi connectivity index (χ4n) is 1.12. The van der Waals surface area contributed by atoms with Crippen LogP contribution in [-0.4, -0.2) is 33.8 Å². The zero-order chi connectivity index (χ0) is 12.1. The second-order valence-electron chi connectivity index (χ2n) is 3.20. The summed E-state index contributed by atoms with van der Waals surface area (Å²) >= 11 is 5.89. The molecule has 6 heteroatoms. The number of aromatic carboxylic acids is 1. The van der Waals surface area contributed by atoms with E-state index in [4.69, 9.17) is 16.7 Å². The van der Waals surface area contributed by atoms with Gasteiger partial charge in [0, 0.05) is 29.4 Å². The molecule has 16 heavy (non-hydrogen) atoms. The Morgan fingerprint density at radius 2 is 2.25 bits per heavy atom. The van der Waals surface area contributed by atoms with Gasteiger partial charge in [-0.25, -0.2) is 4.79 Å². The number of carbonyl (C=O) groups is 1. The lowest BCUT2D eigenvalue weighted by molar-refractivity contribution is 0.0697. The van der Waals surface area contributed by atoms with Crippen molar-refractivity contribution in [1.82, 2.24) is 0 Å². The summed E-state index contributed by atoms with van der Waals surface area (Å²) in [5.74, 6) is -0.486. The van der Waals surface area contributed by atoms with Crippen LogP contribution in [0.15, 0.2) is 18.2 Å². The Labute approximate surface area is 101 Å². The van der Waals surface area contributed by atoms with Crippen LogP contribution < -0.4 is 5.32 Å². The molecular formula is C10H12ClNO3S. The monoisotopic (exact) mass is 261 g/mol. The predicted octanol–water partition coefficient (Wildman–Crippen LogP) is 1.83. The molecule has 0 saturated carbocycles. The van der Waals surface area contributed by atoms with Crippen molar-refractivity contribution >= 4 is 34.1 Å². The molecule has 0 spiro atoms. The molecule has 1 aromatic carbocycles. The maximum absolute atomic E-state index is 10.8. The Bertz CT molecular complexity index is 423. The van der Waals surface area contributed by atoms with E-state index in [-0.39, 0.29) is 5.56 Å². The third-order valence-electron chi connectivity index (χ3n) is 1.92. The molecule has 0 aromatic heterocycles. The van der Waals surface area contributed by atoms with Gasteiger partial charge in [0.25, 0.3) is 0 Å². The molecule has 1 atom stereocenters. The topological polar surface area (TPSA) is 66.4 Å². The Hall–Kier alpha value is -1.07. The fraction of sp³-hybridized carbons (Fsp3) is 0.300. The number of anilines is 1. The number of carboxylic acid groups (broad SMARTS) is 1. The molecule has 0 radical (unpaired) electrons. The van der Waals surface area contributed by atoms with Crippen molar-refractivity contribution in [2.24, 2.45) is 0 Å². The summed E-state index contributed by atoms with van der Waals surface area (Å²) in [5, 5.41) is 12.1. The van der Waals surface area contributed by atoms with E-state index < -0.39 is 16.8 Å². The van der Waals surface area contributed by atoms with Crippen molar-refractivity contribution in [3.8, 4) is 0 Å². The van der Waals surface area contributed by atoms with Gasteiger partial charge >= 0.3 is 5.97 Å². The van der Waals surface area contributed by atoms with Crippen LogP contribution in [0.3, 0.4) is 0 Å². The zero-order valence-electron chi connectivity index (χ0n) is 8.70. The number of carboxylic acids is 1. The third-order valence-corrected chi connectivity index (χ3v) is 3.01. The van der Waals surface area contributed by atoms with Gasteiger partial charge in [-0.15, -0.1) is 0 Å². The highest BCUT2D eigenvalue weighted by Gasteiger charge is 2.06. The average Bonchev–Trinajstić information content (AvgIpc) is 2.19. The van der Waals surface area contributed by atoms with Gasteiger partial charge in [0.15, 0.2) is 0 Å². The van der Waals surface area contributed by atoms with Gasteiger partial charge in [0.1, 0.15) is 0 Å². The summed E-state index contributed by atoms with van der Waals surface area (Å²) in [4.78, 5) is 10.6. The molecule has 0 saturated heterocycles. The highest BCUT2D eigenvalue weighted by atomic mass is 35.5. The standard InChI is InChI=1S/C10H12ClNO3S/c1-16(15)5-4-12-9-3-2-7(10(13)14)6-8(9)11/h2-3,6,12H,4-5H2,1H3,(H,13,14). The second kappa shape index (κ2) is 5.86. The van der Waals surface area contributed by atoms with Gasteiger partial charge < -0.3 is 10.4 Å². The second-order valence-corrected chi connectivity index (χ2v) is 5.17. The molecule has 0 fully saturated rings. The van der Waals surface area contributed by atoms with Crippen LogP contribution in [0.1, 0.15) is 10.4 Å². The fourth-order valence-corrected chi connectivity index (χ4v) is 1.76. The van der Waals surface area contributed by atoms with Crippen LogP contribution in [0.4, 0.5) is 5.69 Å². The van der Waals surface area contributed by atoms with E-state index in [2.05, 4.69) is 5.32 Å². The van der Waals surface area contributed by atoms with E-state index in [0.717, 1.165) is 0 Å². The van der Waals surface area contributed by atoms with E-state index in [1.165, 1.54) is 12.1 Å². The van der Waals surface area contributed by atoms with E-state index in [1.54, 1.807) is 12.3 Å². The maximum Gasteiger partial charge on any atom is 0.335 e. The predicted molar refractivity (Wildman–Crippen MR) is 65.8 cm³/mol. The first kappa shape index (κ1) is 13.0. The summed E-state index contributed by atoms with van der Waals surface area (Å²) in [7, 11) is -0.857. The first-order valence-electron chi connectivity index (χ1n) is 4.57. The summed E-state index contributed by atoms with van der Waals surface area (Å²) < 4.78 is 10.8. The van der Waals surface area contributed by atoms with Gasteiger partial charge in [-0.3, -0.25) is 4.21 Å². The number of benzene rings is 1. The SMILES string of the molecule is CS(=O)CCNc1ccc(C(=O)O)cc1Cl. The molecule has 0 bridgehead atoms. The zero-order valence-corrected chi connectivity index (χ0v) is 10.3. The molecule has 1 rings (SSSR count). The first-order chi connectivity index (χ1) is 7.50. The number of halogens is 1. The van der Waals surface area contributed by atoms with Gasteiger partial charge in [-0.1, -0.05) is 11.6 Å². The van der Waals surface area contributed by atoms with Crippen molar-refractivity contribution in [2.45, 2.75) is 0 Å². The summed E-state index contributed by atoms with van der Waals surface area (Å²) in [6.07, 6.45) is 1.62. The minimum Gasteiger partial charge on any atom is -0.478 e. The molecule has 0 aliphatic carbocycles. The highest BCUT2D eigenvalue weighted by Crippen LogP contribution is 2.22. The average molecular weight is 262 g/mol. The molecule has 0 heterocycles. The van der Waals surface area contributed by atoms with Crippen LogP contribution >= 0.6 is 11.6 Å². The summed E-state index contributed by atoms with van der Waals surface area (Å²) in [5.41, 5.74) is 0.798. The van der Waals surface area contributed by atoms with Crippen LogP contribution in [0.2, 0.25) is 5.02 Å². The Kier molecular flexibility index (Phi) is 4.76. The highest BCUT2D eigenvalue weighted by molar-refractivity contribution is 7.84. The number of rotatable bonds is 5. The van der Waals surface area contributed by atoms with Gasteiger partial charge in [0.05, 0.1) is 16.3 Å². The van der Waals surface area contributed by atoms with Crippen molar-refractivity contribution in [3.05, 3.63) is 28.8 Å². The molecule has 0 amide bonds. The minimum atomic E-state index is -1.01. The number of hydrogen-bond donors (Lipinski definition) is 2. The van der Waals surface area contributed by atoms with E-state index in [0.29, 0.717) is 23.0 Å². The van der Waals surface area contributed by atoms with Crippen molar-refractivity contribution < 1.29 is 14.1 Å². The van der Waals surface area contributed by atoms with Crippen LogP contribution in [0, 0.1) is 0 Å². The Morgan fingerprint density at radius 3 is 2.75 bits per heavy atom. The molecule has 0 aliphatic rings. The lowest BCUT2D eigenvalue weighted by Crippen LogP contribution is -2.10. The molecule has 4 nitrogen and oxygen atoms in total. The third kappa shape index (κ3) is 3.83. The summed E-state index contributed by atoms with van der Waals surface area (Å²) in [6.45, 7) is 0.537. The van der Waals surface area contributed by atoms with Crippen LogP contribution in [0.25, 0.3) is 0 Å². The molecular weight excluding hydrogens is 250 g/mol. The van der Waals surface area contributed by atoms with Crippen molar-refractivity contribution in [2.75, 3.05) is 23.9 Å². The molecule has 2 N–H and O–H groups in total. The smallest absolute Gasteiger partial charge is 0.335 e. The minimum absolute atomic E-state index is 0.148. The molecule has 1 unspecified atom stereocenters. The molecule has 88 valence electrons. The molecule has 1 aromatic rings.